The largest absolute Gasteiger partial charge is 0.399 e. The maximum atomic E-state index is 12.5. The number of aryl methyl sites for hydroxylation is 1. The van der Waals surface area contributed by atoms with Gasteiger partial charge in [0.05, 0.1) is 13.2 Å². The maximum absolute atomic E-state index is 12.5. The minimum absolute atomic E-state index is 0.0344. The van der Waals surface area contributed by atoms with E-state index in [1.165, 1.54) is 5.56 Å². The van der Waals surface area contributed by atoms with Crippen LogP contribution in [0.15, 0.2) is 36.4 Å². The SMILES string of the molecule is Cc1cc(N)ccc1C(=O)c1ccc2c(c1)COC2. The molecule has 3 heteroatoms. The molecule has 0 aromatic heterocycles. The number of nitrogens with two attached hydrogens (primary N) is 1. The van der Waals surface area contributed by atoms with Crippen LogP contribution in [0, 0.1) is 6.92 Å². The van der Waals surface area contributed by atoms with Gasteiger partial charge in [-0.15, -0.1) is 0 Å². The third-order valence-electron chi connectivity index (χ3n) is 3.48. The van der Waals surface area contributed by atoms with E-state index in [-0.39, 0.29) is 5.78 Å². The van der Waals surface area contributed by atoms with Crippen molar-refractivity contribution in [1.29, 1.82) is 0 Å². The van der Waals surface area contributed by atoms with Gasteiger partial charge >= 0.3 is 0 Å². The first-order chi connectivity index (χ1) is 9.15. The standard InChI is InChI=1S/C16H15NO2/c1-10-6-14(17)4-5-15(10)16(18)11-2-3-12-8-19-9-13(12)7-11/h2-7H,8-9,17H2,1H3. The fourth-order valence-corrected chi connectivity index (χ4v) is 2.41. The maximum Gasteiger partial charge on any atom is 0.193 e. The van der Waals surface area contributed by atoms with Gasteiger partial charge in [-0.3, -0.25) is 4.79 Å². The monoisotopic (exact) mass is 253 g/mol. The molecule has 1 aliphatic heterocycles. The molecule has 1 aliphatic rings. The quantitative estimate of drug-likeness (QED) is 0.661. The van der Waals surface area contributed by atoms with Gasteiger partial charge in [0.15, 0.2) is 5.78 Å². The van der Waals surface area contributed by atoms with Crippen molar-refractivity contribution >= 4 is 11.5 Å². The minimum atomic E-state index is 0.0344. The zero-order valence-corrected chi connectivity index (χ0v) is 10.8. The van der Waals surface area contributed by atoms with Crippen molar-refractivity contribution in [3.05, 3.63) is 64.2 Å². The van der Waals surface area contributed by atoms with Gasteiger partial charge in [0.1, 0.15) is 0 Å². The average Bonchev–Trinajstić information content (AvgIpc) is 2.85. The Morgan fingerprint density at radius 3 is 2.68 bits per heavy atom. The van der Waals surface area contributed by atoms with E-state index >= 15 is 0 Å². The molecule has 0 amide bonds. The highest BCUT2D eigenvalue weighted by molar-refractivity contribution is 6.10. The fourth-order valence-electron chi connectivity index (χ4n) is 2.41. The minimum Gasteiger partial charge on any atom is -0.399 e. The second kappa shape index (κ2) is 4.52. The molecule has 0 saturated carbocycles. The lowest BCUT2D eigenvalue weighted by atomic mass is 9.96. The van der Waals surface area contributed by atoms with Crippen molar-refractivity contribution in [2.24, 2.45) is 0 Å². The van der Waals surface area contributed by atoms with Crippen LogP contribution in [0.4, 0.5) is 5.69 Å². The summed E-state index contributed by atoms with van der Waals surface area (Å²) >= 11 is 0. The van der Waals surface area contributed by atoms with Gasteiger partial charge in [-0.25, -0.2) is 0 Å². The van der Waals surface area contributed by atoms with E-state index in [0.29, 0.717) is 30.0 Å². The van der Waals surface area contributed by atoms with Gasteiger partial charge < -0.3 is 10.5 Å². The Hall–Kier alpha value is -2.13. The molecule has 0 unspecified atom stereocenters. The Balaban J connectivity index is 2.00. The number of hydrogen-bond donors (Lipinski definition) is 1. The zero-order chi connectivity index (χ0) is 13.4. The molecule has 0 aliphatic carbocycles. The van der Waals surface area contributed by atoms with Gasteiger partial charge in [0.2, 0.25) is 0 Å². The lowest BCUT2D eigenvalue weighted by molar-refractivity contribution is 0.103. The van der Waals surface area contributed by atoms with Crippen LogP contribution in [0.3, 0.4) is 0 Å². The number of benzene rings is 2. The van der Waals surface area contributed by atoms with Crippen LogP contribution in [0.2, 0.25) is 0 Å². The molecule has 0 saturated heterocycles. The smallest absolute Gasteiger partial charge is 0.193 e. The number of ketones is 1. The summed E-state index contributed by atoms with van der Waals surface area (Å²) < 4.78 is 5.37. The molecular weight excluding hydrogens is 238 g/mol. The van der Waals surface area contributed by atoms with Crippen molar-refractivity contribution in [2.75, 3.05) is 5.73 Å². The predicted molar refractivity (Wildman–Crippen MR) is 74.0 cm³/mol. The van der Waals surface area contributed by atoms with E-state index in [4.69, 9.17) is 10.5 Å². The molecule has 2 N–H and O–H groups in total. The summed E-state index contributed by atoms with van der Waals surface area (Å²) in [5.41, 5.74) is 11.0. The van der Waals surface area contributed by atoms with E-state index in [2.05, 4.69) is 0 Å². The average molecular weight is 253 g/mol. The number of nitrogen functional groups attached to an aromatic ring is 1. The number of fused-ring (bicyclic) bond motifs is 1. The molecule has 3 rings (SSSR count). The molecule has 2 aromatic carbocycles. The fraction of sp³-hybridized carbons (Fsp3) is 0.188. The Morgan fingerprint density at radius 2 is 1.89 bits per heavy atom. The molecule has 19 heavy (non-hydrogen) atoms. The summed E-state index contributed by atoms with van der Waals surface area (Å²) in [5, 5.41) is 0. The highest BCUT2D eigenvalue weighted by atomic mass is 16.5. The summed E-state index contributed by atoms with van der Waals surface area (Å²) in [6.45, 7) is 3.14. The molecule has 0 fully saturated rings. The predicted octanol–water partition coefficient (Wildman–Crippen LogP) is 2.84. The summed E-state index contributed by atoms with van der Waals surface area (Å²) in [5.74, 6) is 0.0344. The van der Waals surface area contributed by atoms with Crippen molar-refractivity contribution in [3.63, 3.8) is 0 Å². The Kier molecular flexibility index (Phi) is 2.84. The zero-order valence-electron chi connectivity index (χ0n) is 10.8. The Bertz CT molecular complexity index is 662. The molecular formula is C16H15NO2. The van der Waals surface area contributed by atoms with Crippen LogP contribution in [0.5, 0.6) is 0 Å². The first-order valence-corrected chi connectivity index (χ1v) is 6.25. The molecule has 3 nitrogen and oxygen atoms in total. The molecule has 0 bridgehead atoms. The normalized spacial score (nSPS) is 13.3. The van der Waals surface area contributed by atoms with Crippen LogP contribution >= 0.6 is 0 Å². The number of carbonyl (C=O) groups is 1. The van der Waals surface area contributed by atoms with Crippen LogP contribution in [0.1, 0.15) is 32.6 Å². The summed E-state index contributed by atoms with van der Waals surface area (Å²) in [4.78, 5) is 12.5. The van der Waals surface area contributed by atoms with E-state index < -0.39 is 0 Å². The lowest BCUT2D eigenvalue weighted by Gasteiger charge is -2.07. The lowest BCUT2D eigenvalue weighted by Crippen LogP contribution is -2.05. The highest BCUT2D eigenvalue weighted by Gasteiger charge is 2.16. The van der Waals surface area contributed by atoms with Crippen molar-refractivity contribution in [1.82, 2.24) is 0 Å². The Morgan fingerprint density at radius 1 is 1.11 bits per heavy atom. The van der Waals surface area contributed by atoms with Crippen molar-refractivity contribution in [2.45, 2.75) is 20.1 Å². The summed E-state index contributed by atoms with van der Waals surface area (Å²) in [6, 6.07) is 11.1. The van der Waals surface area contributed by atoms with Gasteiger partial charge in [0, 0.05) is 16.8 Å². The summed E-state index contributed by atoms with van der Waals surface area (Å²) in [7, 11) is 0. The van der Waals surface area contributed by atoms with Crippen LogP contribution in [-0.2, 0) is 18.0 Å². The molecule has 2 aromatic rings. The number of rotatable bonds is 2. The highest BCUT2D eigenvalue weighted by Crippen LogP contribution is 2.23. The van der Waals surface area contributed by atoms with E-state index in [1.807, 2.05) is 31.2 Å². The first-order valence-electron chi connectivity index (χ1n) is 6.25. The second-order valence-electron chi connectivity index (χ2n) is 4.88. The molecule has 0 radical (unpaired) electrons. The number of carbonyl (C=O) groups excluding carboxylic acids is 1. The molecule has 0 spiro atoms. The molecule has 1 heterocycles. The van der Waals surface area contributed by atoms with Crippen LogP contribution in [-0.4, -0.2) is 5.78 Å². The first kappa shape index (κ1) is 11.9. The Labute approximate surface area is 112 Å². The number of hydrogen-bond acceptors (Lipinski definition) is 3. The van der Waals surface area contributed by atoms with Crippen LogP contribution in [0.25, 0.3) is 0 Å². The van der Waals surface area contributed by atoms with Gasteiger partial charge in [-0.05, 0) is 47.9 Å². The topological polar surface area (TPSA) is 52.3 Å². The third-order valence-corrected chi connectivity index (χ3v) is 3.48. The number of ether oxygens (including phenoxy) is 1. The van der Waals surface area contributed by atoms with Gasteiger partial charge in [-0.2, -0.15) is 0 Å². The second-order valence-corrected chi connectivity index (χ2v) is 4.88. The third kappa shape index (κ3) is 2.13. The number of anilines is 1. The van der Waals surface area contributed by atoms with E-state index in [9.17, 15) is 4.79 Å². The van der Waals surface area contributed by atoms with Gasteiger partial charge in [-0.1, -0.05) is 12.1 Å². The molecule has 96 valence electrons. The van der Waals surface area contributed by atoms with Gasteiger partial charge in [0.25, 0.3) is 0 Å². The van der Waals surface area contributed by atoms with E-state index in [1.54, 1.807) is 12.1 Å². The van der Waals surface area contributed by atoms with Crippen molar-refractivity contribution in [3.8, 4) is 0 Å². The van der Waals surface area contributed by atoms with Crippen molar-refractivity contribution < 1.29 is 9.53 Å². The molecule has 0 atom stereocenters. The van der Waals surface area contributed by atoms with E-state index in [0.717, 1.165) is 11.1 Å². The van der Waals surface area contributed by atoms with Crippen LogP contribution < -0.4 is 5.73 Å². The summed E-state index contributed by atoms with van der Waals surface area (Å²) in [6.07, 6.45) is 0.